The SMILES string of the molecule is NC(N)=NP.[Cr]. The van der Waals surface area contributed by atoms with Gasteiger partial charge < -0.3 is 11.5 Å². The van der Waals surface area contributed by atoms with E-state index in [0.29, 0.717) is 0 Å². The molecule has 0 aliphatic carbocycles. The Bertz CT molecular complexity index is 48.8. The number of nitrogens with two attached hydrogens (primary N) is 2. The Kier molecular flexibility index (Phi) is 8.31. The zero-order valence-corrected chi connectivity index (χ0v) is 5.52. The molecule has 0 aliphatic heterocycles. The van der Waals surface area contributed by atoms with Crippen LogP contribution in [0.4, 0.5) is 0 Å². The summed E-state index contributed by atoms with van der Waals surface area (Å²) in [7, 11) is 2.03. The molecule has 0 rings (SSSR count). The molecule has 6 heavy (non-hydrogen) atoms. The summed E-state index contributed by atoms with van der Waals surface area (Å²) in [4.78, 5) is 0. The first kappa shape index (κ1) is 9.53. The Balaban J connectivity index is 0. The normalized spacial score (nSPS) is 5.50. The summed E-state index contributed by atoms with van der Waals surface area (Å²) in [6.07, 6.45) is 0. The first-order valence-electron chi connectivity index (χ1n) is 1.06. The van der Waals surface area contributed by atoms with Gasteiger partial charge in [-0.2, -0.15) is 0 Å². The molecule has 0 aliphatic rings. The zero-order chi connectivity index (χ0) is 4.28. The second-order valence-electron chi connectivity index (χ2n) is 0.554. The van der Waals surface area contributed by atoms with E-state index in [2.05, 4.69) is 4.76 Å². The van der Waals surface area contributed by atoms with Gasteiger partial charge in [0.1, 0.15) is 0 Å². The van der Waals surface area contributed by atoms with E-state index in [-0.39, 0.29) is 23.3 Å². The topological polar surface area (TPSA) is 64.4 Å². The van der Waals surface area contributed by atoms with Gasteiger partial charge in [-0.3, -0.25) is 0 Å². The standard InChI is InChI=1S/CH6N3P.Cr/c2-1(3)4-5;/h5H2,(H4,2,3,4);. The summed E-state index contributed by atoms with van der Waals surface area (Å²) < 4.78 is 3.28. The summed E-state index contributed by atoms with van der Waals surface area (Å²) in [6, 6.07) is 0. The second kappa shape index (κ2) is 5.23. The van der Waals surface area contributed by atoms with Crippen LogP contribution in [0.25, 0.3) is 0 Å². The molecule has 1 unspecified atom stereocenters. The molecule has 5 heteroatoms. The Morgan fingerprint density at radius 3 is 1.67 bits per heavy atom. The molecule has 0 aromatic rings. The van der Waals surface area contributed by atoms with E-state index >= 15 is 0 Å². The van der Waals surface area contributed by atoms with E-state index in [1.165, 1.54) is 0 Å². The average Bonchev–Trinajstić information content (AvgIpc) is 1.38. The Morgan fingerprint density at radius 2 is 1.67 bits per heavy atom. The van der Waals surface area contributed by atoms with Gasteiger partial charge in [-0.05, 0) is 9.39 Å². The maximum atomic E-state index is 4.80. The van der Waals surface area contributed by atoms with Gasteiger partial charge in [0.05, 0.1) is 0 Å². The van der Waals surface area contributed by atoms with Crippen molar-refractivity contribution in [3.63, 3.8) is 0 Å². The first-order valence-corrected chi connectivity index (χ1v) is 1.58. The van der Waals surface area contributed by atoms with Crippen molar-refractivity contribution in [1.82, 2.24) is 0 Å². The molecular formula is CH6CrN3P. The zero-order valence-electron chi connectivity index (χ0n) is 3.09. The van der Waals surface area contributed by atoms with Crippen LogP contribution in [0.1, 0.15) is 0 Å². The van der Waals surface area contributed by atoms with Crippen LogP contribution in [-0.2, 0) is 17.4 Å². The largest absolute Gasteiger partial charge is 0.370 e. The monoisotopic (exact) mass is 143 g/mol. The molecule has 4 N–H and O–H groups in total. The van der Waals surface area contributed by atoms with Crippen molar-refractivity contribution in [1.29, 1.82) is 0 Å². The molecule has 0 spiro atoms. The van der Waals surface area contributed by atoms with Gasteiger partial charge in [-0.15, -0.1) is 0 Å². The van der Waals surface area contributed by atoms with E-state index in [1.54, 1.807) is 0 Å². The summed E-state index contributed by atoms with van der Waals surface area (Å²) in [5.41, 5.74) is 9.60. The minimum atomic E-state index is 0. The van der Waals surface area contributed by atoms with Crippen molar-refractivity contribution in [3.8, 4) is 0 Å². The average molecular weight is 143 g/mol. The molecule has 0 aromatic heterocycles. The molecule has 0 fully saturated rings. The van der Waals surface area contributed by atoms with Crippen molar-refractivity contribution in [2.24, 2.45) is 16.2 Å². The van der Waals surface area contributed by atoms with Crippen LogP contribution in [0.5, 0.6) is 0 Å². The van der Waals surface area contributed by atoms with E-state index in [1.807, 2.05) is 9.39 Å². The summed E-state index contributed by atoms with van der Waals surface area (Å²) in [5.74, 6) is 0.0926. The Morgan fingerprint density at radius 1 is 1.50 bits per heavy atom. The Labute approximate surface area is 49.6 Å². The predicted molar refractivity (Wildman–Crippen MR) is 25.5 cm³/mol. The van der Waals surface area contributed by atoms with Gasteiger partial charge in [-0.25, -0.2) is 4.76 Å². The fraction of sp³-hybridized carbons (Fsp3) is 0. The first-order chi connectivity index (χ1) is 2.27. The quantitative estimate of drug-likeness (QED) is 0.261. The van der Waals surface area contributed by atoms with E-state index in [4.69, 9.17) is 11.5 Å². The maximum Gasteiger partial charge on any atom is 0.189 e. The van der Waals surface area contributed by atoms with E-state index in [9.17, 15) is 0 Å². The van der Waals surface area contributed by atoms with Crippen LogP contribution in [0.2, 0.25) is 0 Å². The maximum absolute atomic E-state index is 4.80. The smallest absolute Gasteiger partial charge is 0.189 e. The second-order valence-corrected chi connectivity index (χ2v) is 0.812. The molecule has 0 saturated carbocycles. The molecule has 0 bridgehead atoms. The minimum absolute atomic E-state index is 0. The number of hydrogen-bond acceptors (Lipinski definition) is 1. The number of guanidine groups is 1. The van der Waals surface area contributed by atoms with Crippen molar-refractivity contribution >= 4 is 15.4 Å². The van der Waals surface area contributed by atoms with Crippen LogP contribution in [-0.4, -0.2) is 5.96 Å². The van der Waals surface area contributed by atoms with Crippen LogP contribution in [0.3, 0.4) is 0 Å². The molecular weight excluding hydrogens is 137 g/mol. The molecule has 0 aromatic carbocycles. The molecule has 0 radical (unpaired) electrons. The van der Waals surface area contributed by atoms with Crippen LogP contribution in [0, 0.1) is 0 Å². The molecule has 0 saturated heterocycles. The van der Waals surface area contributed by atoms with Gasteiger partial charge in [0.25, 0.3) is 0 Å². The van der Waals surface area contributed by atoms with Gasteiger partial charge in [0.2, 0.25) is 0 Å². The van der Waals surface area contributed by atoms with Crippen LogP contribution >= 0.6 is 9.39 Å². The van der Waals surface area contributed by atoms with Gasteiger partial charge in [0.15, 0.2) is 5.96 Å². The van der Waals surface area contributed by atoms with Crippen LogP contribution < -0.4 is 11.5 Å². The van der Waals surface area contributed by atoms with E-state index < -0.39 is 0 Å². The summed E-state index contributed by atoms with van der Waals surface area (Å²) in [6.45, 7) is 0. The fourth-order valence-electron chi connectivity index (χ4n) is 0. The molecule has 3 nitrogen and oxygen atoms in total. The summed E-state index contributed by atoms with van der Waals surface area (Å²) >= 11 is 0. The van der Waals surface area contributed by atoms with Gasteiger partial charge in [-0.1, -0.05) is 0 Å². The van der Waals surface area contributed by atoms with Crippen LogP contribution in [0.15, 0.2) is 4.76 Å². The van der Waals surface area contributed by atoms with Crippen molar-refractivity contribution in [2.45, 2.75) is 0 Å². The third kappa shape index (κ3) is 8.87. The molecule has 0 amide bonds. The number of rotatable bonds is 0. The third-order valence-corrected chi connectivity index (χ3v) is 0.447. The molecule has 36 valence electrons. The van der Waals surface area contributed by atoms with E-state index in [0.717, 1.165) is 0 Å². The Hall–Kier alpha value is 0.232. The summed E-state index contributed by atoms with van der Waals surface area (Å²) in [5, 5.41) is 0. The van der Waals surface area contributed by atoms with Crippen molar-refractivity contribution in [3.05, 3.63) is 0 Å². The molecule has 0 heterocycles. The number of hydrogen-bond donors (Lipinski definition) is 2. The van der Waals surface area contributed by atoms with Gasteiger partial charge in [0, 0.05) is 17.4 Å². The third-order valence-electron chi connectivity index (χ3n) is 0.149. The van der Waals surface area contributed by atoms with Crippen molar-refractivity contribution in [2.75, 3.05) is 0 Å². The number of nitrogens with zero attached hydrogens (tertiary/aromatic N) is 1. The van der Waals surface area contributed by atoms with Gasteiger partial charge >= 0.3 is 0 Å². The predicted octanol–water partition coefficient (Wildman–Crippen LogP) is -0.953. The minimum Gasteiger partial charge on any atom is -0.370 e. The fourth-order valence-corrected chi connectivity index (χ4v) is 0. The molecule has 1 atom stereocenters. The van der Waals surface area contributed by atoms with Crippen molar-refractivity contribution < 1.29 is 17.4 Å².